The van der Waals surface area contributed by atoms with Gasteiger partial charge in [0.2, 0.25) is 0 Å². The highest BCUT2D eigenvalue weighted by Crippen LogP contribution is 2.14. The quantitative estimate of drug-likeness (QED) is 0.793. The molecule has 1 amide bonds. The van der Waals surface area contributed by atoms with Crippen LogP contribution in [0, 0.1) is 0 Å². The molecule has 1 heterocycles. The van der Waals surface area contributed by atoms with Crippen LogP contribution in [-0.2, 0) is 10.0 Å². The molecule has 0 bridgehead atoms. The number of hydrogen-bond donors (Lipinski definition) is 2. The molecule has 0 radical (unpaired) electrons. The second-order valence-corrected chi connectivity index (χ2v) is 5.63. The van der Waals surface area contributed by atoms with Crippen LogP contribution in [0.25, 0.3) is 0 Å². The number of ether oxygens (including phenoxy) is 1. The largest absolute Gasteiger partial charge is 0.497 e. The maximum absolute atomic E-state index is 12.0. The molecule has 110 valence electrons. The predicted molar refractivity (Wildman–Crippen MR) is 75.0 cm³/mol. The van der Waals surface area contributed by atoms with E-state index >= 15 is 0 Å². The average Bonchev–Trinajstić information content (AvgIpc) is 2.53. The van der Waals surface area contributed by atoms with Crippen molar-refractivity contribution in [3.8, 4) is 5.75 Å². The number of sulfonamides is 1. The van der Waals surface area contributed by atoms with Crippen LogP contribution in [0.3, 0.4) is 0 Å². The summed E-state index contributed by atoms with van der Waals surface area (Å²) in [6.07, 6.45) is 1.44. The predicted octanol–water partition coefficient (Wildman–Crippen LogP) is 0.713. The summed E-state index contributed by atoms with van der Waals surface area (Å²) in [6.45, 7) is 0. The van der Waals surface area contributed by atoms with Crippen LogP contribution in [0.1, 0.15) is 10.5 Å². The molecule has 0 atom stereocenters. The van der Waals surface area contributed by atoms with Gasteiger partial charge in [0.1, 0.15) is 11.4 Å². The minimum atomic E-state index is -3.85. The summed E-state index contributed by atoms with van der Waals surface area (Å²) in [7, 11) is -2.37. The van der Waals surface area contributed by atoms with Gasteiger partial charge in [-0.15, -0.1) is 4.83 Å². The fraction of sp³-hybridized carbons (Fsp3) is 0.0769. The summed E-state index contributed by atoms with van der Waals surface area (Å²) >= 11 is 0. The average molecular weight is 307 g/mol. The molecule has 0 aliphatic rings. The number of methoxy groups -OCH3 is 1. The van der Waals surface area contributed by atoms with Crippen molar-refractivity contribution in [1.29, 1.82) is 0 Å². The Hall–Kier alpha value is -2.45. The van der Waals surface area contributed by atoms with E-state index in [9.17, 15) is 13.2 Å². The van der Waals surface area contributed by atoms with E-state index < -0.39 is 15.9 Å². The van der Waals surface area contributed by atoms with E-state index in [0.717, 1.165) is 0 Å². The standard InChI is InChI=1S/C13H13N3O4S/c1-20-10-5-7-11(8-6-10)21(18,19)16-15-13(17)12-4-2-3-9-14-12/h2-9,16H,1H3,(H,15,17). The van der Waals surface area contributed by atoms with Crippen molar-refractivity contribution < 1.29 is 17.9 Å². The molecule has 1 aromatic carbocycles. The molecule has 0 spiro atoms. The van der Waals surface area contributed by atoms with Gasteiger partial charge in [-0.1, -0.05) is 6.07 Å². The van der Waals surface area contributed by atoms with E-state index in [1.165, 1.54) is 43.6 Å². The summed E-state index contributed by atoms with van der Waals surface area (Å²) in [5, 5.41) is 0. The number of aromatic nitrogens is 1. The van der Waals surface area contributed by atoms with Crippen LogP contribution >= 0.6 is 0 Å². The van der Waals surface area contributed by atoms with Crippen molar-refractivity contribution in [2.45, 2.75) is 4.90 Å². The number of nitrogens with zero attached hydrogens (tertiary/aromatic N) is 1. The van der Waals surface area contributed by atoms with E-state index in [2.05, 4.69) is 10.4 Å². The van der Waals surface area contributed by atoms with Crippen LogP contribution in [-0.4, -0.2) is 26.4 Å². The highest BCUT2D eigenvalue weighted by Gasteiger charge is 2.16. The van der Waals surface area contributed by atoms with Crippen molar-refractivity contribution in [3.63, 3.8) is 0 Å². The highest BCUT2D eigenvalue weighted by molar-refractivity contribution is 7.89. The number of pyridine rings is 1. The highest BCUT2D eigenvalue weighted by atomic mass is 32.2. The van der Waals surface area contributed by atoms with Gasteiger partial charge in [0.25, 0.3) is 15.9 Å². The van der Waals surface area contributed by atoms with E-state index in [1.54, 1.807) is 12.1 Å². The Morgan fingerprint density at radius 1 is 1.14 bits per heavy atom. The molecule has 8 heteroatoms. The van der Waals surface area contributed by atoms with Crippen LogP contribution in [0.15, 0.2) is 53.6 Å². The minimum absolute atomic E-state index is 0.00428. The molecule has 0 unspecified atom stereocenters. The fourth-order valence-corrected chi connectivity index (χ4v) is 2.33. The van der Waals surface area contributed by atoms with E-state index in [1.807, 2.05) is 4.83 Å². The van der Waals surface area contributed by atoms with Gasteiger partial charge in [-0.05, 0) is 36.4 Å². The third kappa shape index (κ3) is 3.77. The normalized spacial score (nSPS) is 10.9. The van der Waals surface area contributed by atoms with Crippen LogP contribution in [0.2, 0.25) is 0 Å². The summed E-state index contributed by atoms with van der Waals surface area (Å²) < 4.78 is 28.9. The van der Waals surface area contributed by atoms with Crippen LogP contribution in [0.4, 0.5) is 0 Å². The molecule has 2 rings (SSSR count). The summed E-state index contributed by atoms with van der Waals surface area (Å²) in [6, 6.07) is 10.5. The molecule has 0 saturated heterocycles. The van der Waals surface area contributed by atoms with E-state index in [4.69, 9.17) is 4.74 Å². The van der Waals surface area contributed by atoms with Crippen LogP contribution in [0.5, 0.6) is 5.75 Å². The van der Waals surface area contributed by atoms with Gasteiger partial charge in [0.05, 0.1) is 12.0 Å². The second kappa shape index (κ2) is 6.33. The number of carbonyl (C=O) groups is 1. The first kappa shape index (κ1) is 14.9. The monoisotopic (exact) mass is 307 g/mol. The molecule has 21 heavy (non-hydrogen) atoms. The topological polar surface area (TPSA) is 97.4 Å². The smallest absolute Gasteiger partial charge is 0.284 e. The Kier molecular flexibility index (Phi) is 4.51. The molecular formula is C13H13N3O4S. The lowest BCUT2D eigenvalue weighted by Gasteiger charge is -2.08. The van der Waals surface area contributed by atoms with Gasteiger partial charge in [0, 0.05) is 6.20 Å². The van der Waals surface area contributed by atoms with Gasteiger partial charge in [0.15, 0.2) is 0 Å². The minimum Gasteiger partial charge on any atom is -0.497 e. The summed E-state index contributed by atoms with van der Waals surface area (Å²) in [5.74, 6) is -0.112. The Balaban J connectivity index is 2.05. The maximum atomic E-state index is 12.0. The second-order valence-electron chi connectivity index (χ2n) is 3.95. The third-order valence-corrected chi connectivity index (χ3v) is 3.83. The first-order chi connectivity index (χ1) is 10.0. The van der Waals surface area contributed by atoms with Crippen molar-refractivity contribution in [3.05, 3.63) is 54.4 Å². The zero-order valence-electron chi connectivity index (χ0n) is 11.1. The SMILES string of the molecule is COc1ccc(S(=O)(=O)NNC(=O)c2ccccn2)cc1. The van der Waals surface area contributed by atoms with Crippen molar-refractivity contribution >= 4 is 15.9 Å². The number of rotatable bonds is 5. The number of benzene rings is 1. The Morgan fingerprint density at radius 3 is 2.43 bits per heavy atom. The summed E-state index contributed by atoms with van der Waals surface area (Å²) in [4.78, 5) is 17.5. The molecule has 0 fully saturated rings. The number of hydrogen-bond acceptors (Lipinski definition) is 5. The molecule has 0 aliphatic carbocycles. The molecule has 1 aromatic heterocycles. The third-order valence-electron chi connectivity index (χ3n) is 2.57. The molecule has 2 aromatic rings. The number of hydrazine groups is 1. The first-order valence-electron chi connectivity index (χ1n) is 5.90. The molecular weight excluding hydrogens is 294 g/mol. The molecule has 2 N–H and O–H groups in total. The van der Waals surface area contributed by atoms with Gasteiger partial charge >= 0.3 is 0 Å². The molecule has 7 nitrogen and oxygen atoms in total. The van der Waals surface area contributed by atoms with Gasteiger partial charge in [-0.2, -0.15) is 0 Å². The van der Waals surface area contributed by atoms with Crippen molar-refractivity contribution in [1.82, 2.24) is 15.2 Å². The lowest BCUT2D eigenvalue weighted by molar-refractivity contribution is 0.0940. The summed E-state index contributed by atoms with van der Waals surface area (Å²) in [5.41, 5.74) is 2.20. The van der Waals surface area contributed by atoms with Crippen molar-refractivity contribution in [2.75, 3.05) is 7.11 Å². The number of nitrogens with one attached hydrogen (secondary N) is 2. The lowest BCUT2D eigenvalue weighted by Crippen LogP contribution is -2.41. The van der Waals surface area contributed by atoms with Crippen molar-refractivity contribution in [2.24, 2.45) is 0 Å². The Bertz CT molecular complexity index is 715. The zero-order valence-corrected chi connectivity index (χ0v) is 11.9. The molecule has 0 aliphatic heterocycles. The van der Waals surface area contributed by atoms with Crippen LogP contribution < -0.4 is 15.0 Å². The zero-order chi connectivity index (χ0) is 15.3. The van der Waals surface area contributed by atoms with E-state index in [0.29, 0.717) is 5.75 Å². The number of amides is 1. The van der Waals surface area contributed by atoms with Gasteiger partial charge < -0.3 is 4.74 Å². The Morgan fingerprint density at radius 2 is 1.86 bits per heavy atom. The molecule has 0 saturated carbocycles. The fourth-order valence-electron chi connectivity index (χ4n) is 1.49. The van der Waals surface area contributed by atoms with Gasteiger partial charge in [-0.3, -0.25) is 15.2 Å². The first-order valence-corrected chi connectivity index (χ1v) is 7.38. The number of carbonyl (C=O) groups excluding carboxylic acids is 1. The van der Waals surface area contributed by atoms with Gasteiger partial charge in [-0.25, -0.2) is 8.42 Å². The maximum Gasteiger partial charge on any atom is 0.284 e. The Labute approximate surface area is 122 Å². The van der Waals surface area contributed by atoms with E-state index in [-0.39, 0.29) is 10.6 Å². The lowest BCUT2D eigenvalue weighted by atomic mass is 10.3.